The van der Waals surface area contributed by atoms with Crippen molar-refractivity contribution in [3.8, 4) is 0 Å². The van der Waals surface area contributed by atoms with Crippen LogP contribution in [0.1, 0.15) is 20.8 Å². The van der Waals surface area contributed by atoms with Crippen molar-refractivity contribution < 1.29 is 0 Å². The molecule has 0 amide bonds. The summed E-state index contributed by atoms with van der Waals surface area (Å²) in [5, 5.41) is 3.55. The summed E-state index contributed by atoms with van der Waals surface area (Å²) in [5.74, 6) is 1.53. The first-order valence-electron chi connectivity index (χ1n) is 6.69. The van der Waals surface area contributed by atoms with Crippen molar-refractivity contribution in [1.82, 2.24) is 15.1 Å². The van der Waals surface area contributed by atoms with Gasteiger partial charge in [0, 0.05) is 32.7 Å². The monoisotopic (exact) mass is 227 g/mol. The SMILES string of the molecule is CC(C)CNCC(C)CN1CCN(C)CC1. The highest BCUT2D eigenvalue weighted by Gasteiger charge is 2.15. The van der Waals surface area contributed by atoms with Gasteiger partial charge in [0.2, 0.25) is 0 Å². The molecule has 3 nitrogen and oxygen atoms in total. The number of rotatable bonds is 6. The predicted molar refractivity (Wildman–Crippen MR) is 70.8 cm³/mol. The number of hydrogen-bond donors (Lipinski definition) is 1. The molecule has 1 heterocycles. The quantitative estimate of drug-likeness (QED) is 0.733. The standard InChI is InChI=1S/C13H29N3/c1-12(2)9-14-10-13(3)11-16-7-5-15(4)6-8-16/h12-14H,5-11H2,1-4H3. The maximum Gasteiger partial charge on any atom is 0.0110 e. The summed E-state index contributed by atoms with van der Waals surface area (Å²) in [4.78, 5) is 5.01. The second kappa shape index (κ2) is 7.25. The molecule has 1 fully saturated rings. The highest BCUT2D eigenvalue weighted by atomic mass is 15.2. The third-order valence-electron chi connectivity index (χ3n) is 3.21. The molecule has 0 aromatic carbocycles. The van der Waals surface area contributed by atoms with Gasteiger partial charge in [-0.25, -0.2) is 0 Å². The number of nitrogens with zero attached hydrogens (tertiary/aromatic N) is 2. The van der Waals surface area contributed by atoms with E-state index in [0.29, 0.717) is 0 Å². The van der Waals surface area contributed by atoms with Gasteiger partial charge in [-0.1, -0.05) is 20.8 Å². The molecule has 1 aliphatic heterocycles. The van der Waals surface area contributed by atoms with Crippen LogP contribution in [-0.2, 0) is 0 Å². The Morgan fingerprint density at radius 3 is 2.19 bits per heavy atom. The van der Waals surface area contributed by atoms with Crippen molar-refractivity contribution in [3.63, 3.8) is 0 Å². The molecular weight excluding hydrogens is 198 g/mol. The summed E-state index contributed by atoms with van der Waals surface area (Å²) >= 11 is 0. The van der Waals surface area contributed by atoms with Gasteiger partial charge < -0.3 is 15.1 Å². The molecule has 0 aliphatic carbocycles. The summed E-state index contributed by atoms with van der Waals surface area (Å²) < 4.78 is 0. The zero-order chi connectivity index (χ0) is 12.0. The molecule has 0 spiro atoms. The number of piperazine rings is 1. The van der Waals surface area contributed by atoms with Crippen molar-refractivity contribution >= 4 is 0 Å². The van der Waals surface area contributed by atoms with E-state index >= 15 is 0 Å². The van der Waals surface area contributed by atoms with Crippen LogP contribution in [0.3, 0.4) is 0 Å². The molecule has 16 heavy (non-hydrogen) atoms. The molecule has 1 atom stereocenters. The van der Waals surface area contributed by atoms with Crippen LogP contribution in [0.2, 0.25) is 0 Å². The molecule has 1 N–H and O–H groups in total. The van der Waals surface area contributed by atoms with E-state index in [1.54, 1.807) is 0 Å². The Morgan fingerprint density at radius 2 is 1.62 bits per heavy atom. The molecular formula is C13H29N3. The van der Waals surface area contributed by atoms with Gasteiger partial charge in [0.05, 0.1) is 0 Å². The van der Waals surface area contributed by atoms with Crippen molar-refractivity contribution in [2.24, 2.45) is 11.8 Å². The van der Waals surface area contributed by atoms with Gasteiger partial charge >= 0.3 is 0 Å². The third-order valence-corrected chi connectivity index (χ3v) is 3.21. The third kappa shape index (κ3) is 5.83. The summed E-state index contributed by atoms with van der Waals surface area (Å²) in [6.45, 7) is 15.4. The molecule has 1 unspecified atom stereocenters. The van der Waals surface area contributed by atoms with Crippen LogP contribution in [0.4, 0.5) is 0 Å². The fraction of sp³-hybridized carbons (Fsp3) is 1.00. The van der Waals surface area contributed by atoms with E-state index in [1.807, 2.05) is 0 Å². The van der Waals surface area contributed by atoms with E-state index < -0.39 is 0 Å². The zero-order valence-corrected chi connectivity index (χ0v) is 11.5. The zero-order valence-electron chi connectivity index (χ0n) is 11.5. The lowest BCUT2D eigenvalue weighted by atomic mass is 10.1. The molecule has 1 saturated heterocycles. The first kappa shape index (κ1) is 13.9. The van der Waals surface area contributed by atoms with E-state index in [2.05, 4.69) is 42.9 Å². The van der Waals surface area contributed by atoms with Gasteiger partial charge in [0.15, 0.2) is 0 Å². The summed E-state index contributed by atoms with van der Waals surface area (Å²) in [5.41, 5.74) is 0. The number of nitrogens with one attached hydrogen (secondary N) is 1. The highest BCUT2D eigenvalue weighted by Crippen LogP contribution is 2.03. The Balaban J connectivity index is 2.07. The Morgan fingerprint density at radius 1 is 1.00 bits per heavy atom. The summed E-state index contributed by atoms with van der Waals surface area (Å²) in [7, 11) is 2.21. The molecule has 0 aromatic rings. The Bertz CT molecular complexity index is 174. The topological polar surface area (TPSA) is 18.5 Å². The van der Waals surface area contributed by atoms with E-state index in [4.69, 9.17) is 0 Å². The second-order valence-electron chi connectivity index (χ2n) is 5.76. The lowest BCUT2D eigenvalue weighted by Crippen LogP contribution is -2.46. The molecule has 1 rings (SSSR count). The number of hydrogen-bond acceptors (Lipinski definition) is 3. The molecule has 0 bridgehead atoms. The molecule has 0 aromatic heterocycles. The van der Waals surface area contributed by atoms with Gasteiger partial charge in [0.1, 0.15) is 0 Å². The van der Waals surface area contributed by atoms with E-state index in [1.165, 1.54) is 32.7 Å². The maximum absolute atomic E-state index is 3.55. The van der Waals surface area contributed by atoms with Crippen molar-refractivity contribution in [2.75, 3.05) is 52.9 Å². The van der Waals surface area contributed by atoms with Crippen molar-refractivity contribution in [3.05, 3.63) is 0 Å². The average molecular weight is 227 g/mol. The van der Waals surface area contributed by atoms with E-state index in [-0.39, 0.29) is 0 Å². The largest absolute Gasteiger partial charge is 0.316 e. The van der Waals surface area contributed by atoms with Crippen LogP contribution in [0.25, 0.3) is 0 Å². The smallest absolute Gasteiger partial charge is 0.0110 e. The molecule has 1 aliphatic rings. The minimum absolute atomic E-state index is 0.760. The number of likely N-dealkylation sites (N-methyl/N-ethyl adjacent to an activating group) is 1. The lowest BCUT2D eigenvalue weighted by Gasteiger charge is -2.34. The average Bonchev–Trinajstić information content (AvgIpc) is 2.21. The minimum Gasteiger partial charge on any atom is -0.316 e. The normalized spacial score (nSPS) is 21.6. The van der Waals surface area contributed by atoms with Gasteiger partial charge in [-0.2, -0.15) is 0 Å². The maximum atomic E-state index is 3.55. The molecule has 0 saturated carbocycles. The molecule has 3 heteroatoms. The van der Waals surface area contributed by atoms with Crippen LogP contribution >= 0.6 is 0 Å². The van der Waals surface area contributed by atoms with Gasteiger partial charge in [-0.05, 0) is 32.0 Å². The molecule has 0 radical (unpaired) electrons. The Kier molecular flexibility index (Phi) is 6.32. The van der Waals surface area contributed by atoms with Crippen LogP contribution in [0, 0.1) is 11.8 Å². The van der Waals surface area contributed by atoms with Crippen LogP contribution in [0.5, 0.6) is 0 Å². The predicted octanol–water partition coefficient (Wildman–Crippen LogP) is 1.12. The second-order valence-corrected chi connectivity index (χ2v) is 5.76. The van der Waals surface area contributed by atoms with Gasteiger partial charge in [-0.15, -0.1) is 0 Å². The summed E-state index contributed by atoms with van der Waals surface area (Å²) in [6, 6.07) is 0. The van der Waals surface area contributed by atoms with Crippen LogP contribution in [-0.4, -0.2) is 62.7 Å². The van der Waals surface area contributed by atoms with Crippen LogP contribution in [0.15, 0.2) is 0 Å². The van der Waals surface area contributed by atoms with Crippen LogP contribution < -0.4 is 5.32 Å². The van der Waals surface area contributed by atoms with Crippen molar-refractivity contribution in [1.29, 1.82) is 0 Å². The highest BCUT2D eigenvalue weighted by molar-refractivity contribution is 4.72. The summed E-state index contributed by atoms with van der Waals surface area (Å²) in [6.07, 6.45) is 0. The molecule has 96 valence electrons. The van der Waals surface area contributed by atoms with Gasteiger partial charge in [-0.3, -0.25) is 0 Å². The lowest BCUT2D eigenvalue weighted by molar-refractivity contribution is 0.138. The minimum atomic E-state index is 0.760. The fourth-order valence-electron chi connectivity index (χ4n) is 2.15. The van der Waals surface area contributed by atoms with Crippen molar-refractivity contribution in [2.45, 2.75) is 20.8 Å². The Labute approximate surface area is 101 Å². The van der Waals surface area contributed by atoms with E-state index in [9.17, 15) is 0 Å². The Hall–Kier alpha value is -0.120. The first-order chi connectivity index (χ1) is 7.58. The van der Waals surface area contributed by atoms with Gasteiger partial charge in [0.25, 0.3) is 0 Å². The first-order valence-corrected chi connectivity index (χ1v) is 6.69. The fourth-order valence-corrected chi connectivity index (χ4v) is 2.15. The van der Waals surface area contributed by atoms with E-state index in [0.717, 1.165) is 24.9 Å².